The average Bonchev–Trinajstić information content (AvgIpc) is 3.15. The van der Waals surface area contributed by atoms with Crippen LogP contribution in [-0.2, 0) is 17.1 Å². The van der Waals surface area contributed by atoms with Crippen LogP contribution in [0, 0.1) is 25.0 Å². The number of nitro benzene ring substituents is 1. The summed E-state index contributed by atoms with van der Waals surface area (Å²) in [4.78, 5) is 10.1. The van der Waals surface area contributed by atoms with E-state index in [1.54, 1.807) is 12.1 Å². The molecule has 1 aromatic rings. The third-order valence-corrected chi connectivity index (χ3v) is 4.18. The second-order valence-corrected chi connectivity index (χ2v) is 5.60. The molecule has 2 fully saturated rings. The Kier molecular flexibility index (Phi) is 13.5. The maximum atomic E-state index is 10.4. The van der Waals surface area contributed by atoms with Crippen LogP contribution in [0.25, 0.3) is 0 Å². The van der Waals surface area contributed by atoms with Crippen molar-refractivity contribution in [3.8, 4) is 0 Å². The van der Waals surface area contributed by atoms with Crippen molar-refractivity contribution in [1.82, 2.24) is 0 Å². The van der Waals surface area contributed by atoms with Crippen LogP contribution < -0.4 is 0 Å². The van der Waals surface area contributed by atoms with E-state index in [0.29, 0.717) is 5.92 Å². The van der Waals surface area contributed by atoms with E-state index in [2.05, 4.69) is 0 Å². The molecule has 0 unspecified atom stereocenters. The Labute approximate surface area is 146 Å². The summed E-state index contributed by atoms with van der Waals surface area (Å²) in [5.41, 5.74) is 1.44. The van der Waals surface area contributed by atoms with Crippen molar-refractivity contribution in [1.29, 1.82) is 0 Å². The van der Waals surface area contributed by atoms with E-state index in [1.165, 1.54) is 63.4 Å². The van der Waals surface area contributed by atoms with E-state index in [1.807, 2.05) is 12.1 Å². The fourth-order valence-electron chi connectivity index (χ4n) is 3.01. The van der Waals surface area contributed by atoms with Crippen LogP contribution in [0.1, 0.15) is 69.3 Å². The minimum atomic E-state index is -0.349. The standard InChI is InChI=1S/C11H13NO2.C5H10.2CH3.Fe/c13-12(14)11-7-5-10(6-8-11)9-3-1-2-4-9;1-2-4-5-3-1;;;/h5-9H,1-4H2;1-5H2;2*1H3;/q;;2*-1;+2. The quantitative estimate of drug-likeness (QED) is 0.281. The van der Waals surface area contributed by atoms with Crippen LogP contribution in [0.4, 0.5) is 5.69 Å². The van der Waals surface area contributed by atoms with Gasteiger partial charge in [-0.1, -0.05) is 57.1 Å². The molecular weight excluding hydrogens is 318 g/mol. The van der Waals surface area contributed by atoms with Gasteiger partial charge in [-0.15, -0.1) is 0 Å². The number of benzene rings is 1. The van der Waals surface area contributed by atoms with Gasteiger partial charge in [0.25, 0.3) is 5.69 Å². The summed E-state index contributed by atoms with van der Waals surface area (Å²) in [6.45, 7) is 0. The topological polar surface area (TPSA) is 43.1 Å². The molecule has 3 nitrogen and oxygen atoms in total. The SMILES string of the molecule is C1CCCC1.O=[N+]([O-])c1ccc(C2CCCC2)cc1.[CH3-].[CH3-].[Fe+2]. The molecule has 0 atom stereocenters. The molecule has 0 heterocycles. The zero-order chi connectivity index (χ0) is 13.5. The fraction of sp³-hybridized carbons (Fsp3) is 0.556. The number of hydrogen-bond acceptors (Lipinski definition) is 2. The predicted octanol–water partition coefficient (Wildman–Crippen LogP) is 6.10. The Bertz CT molecular complexity index is 388. The number of non-ortho nitro benzene ring substituents is 1. The van der Waals surface area contributed by atoms with Crippen molar-refractivity contribution in [3.63, 3.8) is 0 Å². The van der Waals surface area contributed by atoms with Gasteiger partial charge in [0.05, 0.1) is 4.92 Å². The van der Waals surface area contributed by atoms with Crippen LogP contribution in [0.3, 0.4) is 0 Å². The van der Waals surface area contributed by atoms with E-state index in [4.69, 9.17) is 0 Å². The Balaban J connectivity index is 0. The van der Waals surface area contributed by atoms with Crippen LogP contribution in [0.2, 0.25) is 0 Å². The van der Waals surface area contributed by atoms with Crippen molar-refractivity contribution in [2.75, 3.05) is 0 Å². The Hall–Kier alpha value is -0.861. The van der Waals surface area contributed by atoms with Crippen molar-refractivity contribution in [2.24, 2.45) is 0 Å². The molecule has 2 saturated carbocycles. The monoisotopic (exact) mass is 347 g/mol. The first kappa shape index (κ1) is 23.4. The van der Waals surface area contributed by atoms with Crippen molar-refractivity contribution >= 4 is 5.69 Å². The third kappa shape index (κ3) is 7.42. The molecule has 22 heavy (non-hydrogen) atoms. The maximum Gasteiger partial charge on any atom is 2.00 e. The minimum absolute atomic E-state index is 0. The van der Waals surface area contributed by atoms with Gasteiger partial charge in [-0.2, -0.15) is 0 Å². The van der Waals surface area contributed by atoms with Crippen LogP contribution in [0.15, 0.2) is 24.3 Å². The average molecular weight is 347 g/mol. The molecule has 1 aromatic carbocycles. The molecule has 0 radical (unpaired) electrons. The van der Waals surface area contributed by atoms with Crippen LogP contribution >= 0.6 is 0 Å². The minimum Gasteiger partial charge on any atom is -0.358 e. The first-order chi connectivity index (χ1) is 9.27. The number of nitro groups is 1. The molecule has 0 spiro atoms. The zero-order valence-corrected chi connectivity index (χ0v) is 15.0. The molecule has 4 heteroatoms. The molecule has 0 bridgehead atoms. The number of hydrogen-bond donors (Lipinski definition) is 0. The van der Waals surface area contributed by atoms with E-state index in [0.717, 1.165) is 0 Å². The van der Waals surface area contributed by atoms with E-state index in [9.17, 15) is 10.1 Å². The van der Waals surface area contributed by atoms with Gasteiger partial charge in [0.1, 0.15) is 0 Å². The van der Waals surface area contributed by atoms with Gasteiger partial charge in [-0.05, 0) is 24.3 Å². The maximum absolute atomic E-state index is 10.4. The van der Waals surface area contributed by atoms with Crippen LogP contribution in [-0.4, -0.2) is 4.92 Å². The van der Waals surface area contributed by atoms with Gasteiger partial charge < -0.3 is 14.9 Å². The summed E-state index contributed by atoms with van der Waals surface area (Å²) in [6.07, 6.45) is 12.6. The molecule has 126 valence electrons. The Morgan fingerprint density at radius 3 is 1.59 bits per heavy atom. The van der Waals surface area contributed by atoms with Gasteiger partial charge >= 0.3 is 17.1 Å². The molecule has 0 aromatic heterocycles. The predicted molar refractivity (Wildman–Crippen MR) is 90.2 cm³/mol. The molecule has 3 rings (SSSR count). The summed E-state index contributed by atoms with van der Waals surface area (Å²) in [5.74, 6) is 0.635. The van der Waals surface area contributed by atoms with Crippen LogP contribution in [0.5, 0.6) is 0 Å². The molecule has 0 aliphatic heterocycles. The molecule has 0 amide bonds. The van der Waals surface area contributed by atoms with Gasteiger partial charge in [0.15, 0.2) is 0 Å². The Morgan fingerprint density at radius 2 is 1.23 bits per heavy atom. The first-order valence-corrected chi connectivity index (χ1v) is 7.52. The fourth-order valence-corrected chi connectivity index (χ4v) is 3.01. The summed E-state index contributed by atoms with van der Waals surface area (Å²) in [6, 6.07) is 7.00. The summed E-state index contributed by atoms with van der Waals surface area (Å²) in [7, 11) is 0. The summed E-state index contributed by atoms with van der Waals surface area (Å²) >= 11 is 0. The summed E-state index contributed by atoms with van der Waals surface area (Å²) < 4.78 is 0. The second kappa shape index (κ2) is 12.7. The number of rotatable bonds is 2. The van der Waals surface area contributed by atoms with E-state index >= 15 is 0 Å². The van der Waals surface area contributed by atoms with Crippen molar-refractivity contribution < 1.29 is 22.0 Å². The van der Waals surface area contributed by atoms with Crippen molar-refractivity contribution in [2.45, 2.75) is 63.7 Å². The van der Waals surface area contributed by atoms with E-state index in [-0.39, 0.29) is 42.5 Å². The Morgan fingerprint density at radius 1 is 0.818 bits per heavy atom. The van der Waals surface area contributed by atoms with Gasteiger partial charge in [-0.25, -0.2) is 0 Å². The van der Waals surface area contributed by atoms with E-state index < -0.39 is 0 Å². The molecule has 0 N–H and O–H groups in total. The molecule has 2 aliphatic rings. The van der Waals surface area contributed by atoms with Gasteiger partial charge in [-0.3, -0.25) is 10.1 Å². The largest absolute Gasteiger partial charge is 2.00 e. The zero-order valence-electron chi connectivity index (χ0n) is 13.9. The first-order valence-electron chi connectivity index (χ1n) is 7.52. The summed E-state index contributed by atoms with van der Waals surface area (Å²) in [5, 5.41) is 10.4. The smallest absolute Gasteiger partial charge is 0.358 e. The second-order valence-electron chi connectivity index (χ2n) is 5.60. The van der Waals surface area contributed by atoms with Crippen molar-refractivity contribution in [3.05, 3.63) is 54.8 Å². The third-order valence-electron chi connectivity index (χ3n) is 4.18. The molecule has 0 saturated heterocycles. The molecule has 2 aliphatic carbocycles. The number of nitrogens with zero attached hydrogens (tertiary/aromatic N) is 1. The molecular formula is C18H29FeNO2. The van der Waals surface area contributed by atoms with Gasteiger partial charge in [0, 0.05) is 12.1 Å². The van der Waals surface area contributed by atoms with Gasteiger partial charge in [0.2, 0.25) is 0 Å². The normalized spacial score (nSPS) is 16.4.